The Morgan fingerprint density at radius 3 is 2.30 bits per heavy atom. The highest BCUT2D eigenvalue weighted by Gasteiger charge is 2.33. The standard InChI is InChI=1S/C15H25NO4/c17-9-7-11-2-1-8-16(10-11)14(18)12-3-5-13(6-4-12)15(19)20/h11-13,17H,1-10H2,(H,19,20). The summed E-state index contributed by atoms with van der Waals surface area (Å²) < 4.78 is 0. The van der Waals surface area contributed by atoms with E-state index in [0.29, 0.717) is 31.6 Å². The zero-order chi connectivity index (χ0) is 14.5. The van der Waals surface area contributed by atoms with E-state index >= 15 is 0 Å². The molecule has 2 aliphatic rings. The van der Waals surface area contributed by atoms with Gasteiger partial charge in [-0.05, 0) is 50.9 Å². The lowest BCUT2D eigenvalue weighted by atomic mass is 9.81. The molecule has 0 radical (unpaired) electrons. The number of hydrogen-bond donors (Lipinski definition) is 2. The Morgan fingerprint density at radius 1 is 1.05 bits per heavy atom. The van der Waals surface area contributed by atoms with Crippen LogP contribution < -0.4 is 0 Å². The summed E-state index contributed by atoms with van der Waals surface area (Å²) in [5.41, 5.74) is 0. The van der Waals surface area contributed by atoms with Gasteiger partial charge in [-0.15, -0.1) is 0 Å². The molecule has 1 unspecified atom stereocenters. The molecule has 1 aliphatic carbocycles. The van der Waals surface area contributed by atoms with Crippen molar-refractivity contribution in [1.82, 2.24) is 4.90 Å². The van der Waals surface area contributed by atoms with Crippen molar-refractivity contribution in [3.05, 3.63) is 0 Å². The number of aliphatic carboxylic acids is 1. The van der Waals surface area contributed by atoms with Crippen molar-refractivity contribution in [2.24, 2.45) is 17.8 Å². The lowest BCUT2D eigenvalue weighted by Gasteiger charge is -2.36. The Hall–Kier alpha value is -1.10. The molecule has 2 N–H and O–H groups in total. The molecule has 1 atom stereocenters. The predicted octanol–water partition coefficient (Wildman–Crippen LogP) is 1.50. The Balaban J connectivity index is 1.84. The monoisotopic (exact) mass is 283 g/mol. The van der Waals surface area contributed by atoms with Crippen molar-refractivity contribution in [2.75, 3.05) is 19.7 Å². The number of carboxylic acid groups (broad SMARTS) is 1. The van der Waals surface area contributed by atoms with Crippen molar-refractivity contribution in [1.29, 1.82) is 0 Å². The molecule has 2 rings (SSSR count). The van der Waals surface area contributed by atoms with Crippen molar-refractivity contribution in [3.63, 3.8) is 0 Å². The van der Waals surface area contributed by atoms with Gasteiger partial charge in [0.25, 0.3) is 0 Å². The molecule has 0 bridgehead atoms. The summed E-state index contributed by atoms with van der Waals surface area (Å²) in [5.74, 6) is -0.345. The fraction of sp³-hybridized carbons (Fsp3) is 0.867. The molecule has 114 valence electrons. The zero-order valence-electron chi connectivity index (χ0n) is 12.0. The number of amides is 1. The molecule has 1 saturated heterocycles. The van der Waals surface area contributed by atoms with Crippen molar-refractivity contribution < 1.29 is 19.8 Å². The van der Waals surface area contributed by atoms with E-state index in [1.54, 1.807) is 0 Å². The summed E-state index contributed by atoms with van der Waals surface area (Å²) in [7, 11) is 0. The van der Waals surface area contributed by atoms with E-state index in [4.69, 9.17) is 10.2 Å². The molecule has 1 heterocycles. The van der Waals surface area contributed by atoms with Crippen LogP contribution in [0.5, 0.6) is 0 Å². The first kappa shape index (κ1) is 15.3. The Kier molecular flexibility index (Phi) is 5.40. The van der Waals surface area contributed by atoms with Gasteiger partial charge < -0.3 is 15.1 Å². The maximum Gasteiger partial charge on any atom is 0.306 e. The van der Waals surface area contributed by atoms with Gasteiger partial charge in [0, 0.05) is 25.6 Å². The minimum Gasteiger partial charge on any atom is -0.481 e. The number of carbonyl (C=O) groups excluding carboxylic acids is 1. The third-order valence-corrected chi connectivity index (χ3v) is 4.79. The van der Waals surface area contributed by atoms with Crippen molar-refractivity contribution >= 4 is 11.9 Å². The van der Waals surface area contributed by atoms with Gasteiger partial charge in [-0.25, -0.2) is 0 Å². The molecular weight excluding hydrogens is 258 g/mol. The third kappa shape index (κ3) is 3.72. The highest BCUT2D eigenvalue weighted by Crippen LogP contribution is 2.31. The van der Waals surface area contributed by atoms with Crippen LogP contribution in [-0.2, 0) is 9.59 Å². The quantitative estimate of drug-likeness (QED) is 0.819. The molecule has 0 aromatic carbocycles. The first-order chi connectivity index (χ1) is 9.61. The van der Waals surface area contributed by atoms with E-state index < -0.39 is 5.97 Å². The van der Waals surface area contributed by atoms with Gasteiger partial charge in [-0.2, -0.15) is 0 Å². The van der Waals surface area contributed by atoms with E-state index in [-0.39, 0.29) is 24.3 Å². The lowest BCUT2D eigenvalue weighted by Crippen LogP contribution is -2.44. The number of carboxylic acids is 1. The summed E-state index contributed by atoms with van der Waals surface area (Å²) >= 11 is 0. The van der Waals surface area contributed by atoms with Gasteiger partial charge in [-0.1, -0.05) is 0 Å². The van der Waals surface area contributed by atoms with Crippen LogP contribution in [0.4, 0.5) is 0 Å². The van der Waals surface area contributed by atoms with Crippen molar-refractivity contribution in [3.8, 4) is 0 Å². The number of nitrogens with zero attached hydrogens (tertiary/aromatic N) is 1. The number of piperidine rings is 1. The van der Waals surface area contributed by atoms with Gasteiger partial charge in [0.1, 0.15) is 0 Å². The van der Waals surface area contributed by atoms with Crippen LogP contribution in [0.25, 0.3) is 0 Å². The van der Waals surface area contributed by atoms with E-state index in [1.807, 2.05) is 4.90 Å². The third-order valence-electron chi connectivity index (χ3n) is 4.79. The molecule has 1 aliphatic heterocycles. The summed E-state index contributed by atoms with van der Waals surface area (Å²) in [6.07, 6.45) is 5.54. The van der Waals surface area contributed by atoms with Crippen LogP contribution >= 0.6 is 0 Å². The normalized spacial score (nSPS) is 31.1. The lowest BCUT2D eigenvalue weighted by molar-refractivity contribution is -0.146. The highest BCUT2D eigenvalue weighted by atomic mass is 16.4. The second kappa shape index (κ2) is 7.07. The zero-order valence-corrected chi connectivity index (χ0v) is 12.0. The predicted molar refractivity (Wildman–Crippen MR) is 74.1 cm³/mol. The fourth-order valence-electron chi connectivity index (χ4n) is 3.53. The minimum atomic E-state index is -0.725. The Bertz CT molecular complexity index is 348. The second-order valence-corrected chi connectivity index (χ2v) is 6.19. The van der Waals surface area contributed by atoms with E-state index in [2.05, 4.69) is 0 Å². The summed E-state index contributed by atoms with van der Waals surface area (Å²) in [5, 5.41) is 18.0. The molecule has 0 aromatic rings. The van der Waals surface area contributed by atoms with E-state index in [9.17, 15) is 9.59 Å². The SMILES string of the molecule is O=C(O)C1CCC(C(=O)N2CCCC(CCO)C2)CC1. The largest absolute Gasteiger partial charge is 0.481 e. The van der Waals surface area contributed by atoms with Crippen molar-refractivity contribution in [2.45, 2.75) is 44.9 Å². The first-order valence-corrected chi connectivity index (χ1v) is 7.74. The van der Waals surface area contributed by atoms with Gasteiger partial charge >= 0.3 is 5.97 Å². The van der Waals surface area contributed by atoms with Gasteiger partial charge in [-0.3, -0.25) is 9.59 Å². The summed E-state index contributed by atoms with van der Waals surface area (Å²) in [6, 6.07) is 0. The molecule has 5 nitrogen and oxygen atoms in total. The molecule has 1 saturated carbocycles. The van der Waals surface area contributed by atoms with Crippen LogP contribution in [0.1, 0.15) is 44.9 Å². The summed E-state index contributed by atoms with van der Waals surface area (Å²) in [4.78, 5) is 25.4. The average molecular weight is 283 g/mol. The maximum atomic E-state index is 12.5. The van der Waals surface area contributed by atoms with Crippen LogP contribution in [0.3, 0.4) is 0 Å². The molecule has 5 heteroatoms. The first-order valence-electron chi connectivity index (χ1n) is 7.74. The molecule has 2 fully saturated rings. The van der Waals surface area contributed by atoms with E-state index in [1.165, 1.54) is 0 Å². The Labute approximate surface area is 120 Å². The number of aliphatic hydroxyl groups is 1. The number of carbonyl (C=O) groups is 2. The molecular formula is C15H25NO4. The topological polar surface area (TPSA) is 77.8 Å². The number of hydrogen-bond acceptors (Lipinski definition) is 3. The van der Waals surface area contributed by atoms with Crippen LogP contribution in [0, 0.1) is 17.8 Å². The van der Waals surface area contributed by atoms with Crippen LogP contribution in [0.15, 0.2) is 0 Å². The van der Waals surface area contributed by atoms with Gasteiger partial charge in [0.15, 0.2) is 0 Å². The highest BCUT2D eigenvalue weighted by molar-refractivity contribution is 5.79. The second-order valence-electron chi connectivity index (χ2n) is 6.19. The van der Waals surface area contributed by atoms with Gasteiger partial charge in [0.05, 0.1) is 5.92 Å². The minimum absolute atomic E-state index is 0.0125. The number of rotatable bonds is 4. The summed E-state index contributed by atoms with van der Waals surface area (Å²) in [6.45, 7) is 1.77. The number of aliphatic hydroxyl groups excluding tert-OH is 1. The number of likely N-dealkylation sites (tertiary alicyclic amines) is 1. The smallest absolute Gasteiger partial charge is 0.306 e. The van der Waals surface area contributed by atoms with Crippen LogP contribution in [0.2, 0.25) is 0 Å². The molecule has 0 spiro atoms. The Morgan fingerprint density at radius 2 is 1.70 bits per heavy atom. The molecule has 1 amide bonds. The molecule has 0 aromatic heterocycles. The molecule has 20 heavy (non-hydrogen) atoms. The van der Waals surface area contributed by atoms with Gasteiger partial charge in [0.2, 0.25) is 5.91 Å². The fourth-order valence-corrected chi connectivity index (χ4v) is 3.53. The van der Waals surface area contributed by atoms with Crippen LogP contribution in [-0.4, -0.2) is 46.7 Å². The van der Waals surface area contributed by atoms with E-state index in [0.717, 1.165) is 32.4 Å². The average Bonchev–Trinajstić information content (AvgIpc) is 2.47. The maximum absolute atomic E-state index is 12.5.